The van der Waals surface area contributed by atoms with Crippen LogP contribution in [-0.4, -0.2) is 61.8 Å². The summed E-state index contributed by atoms with van der Waals surface area (Å²) in [5.41, 5.74) is 5.36. The first-order valence-corrected chi connectivity index (χ1v) is 11.1. The molecule has 1 heterocycles. The molecule has 26 heavy (non-hydrogen) atoms. The molecule has 3 N–H and O–H groups in total. The third-order valence-corrected chi connectivity index (χ3v) is 7.52. The zero-order valence-corrected chi connectivity index (χ0v) is 17.0. The quantitative estimate of drug-likeness (QED) is 0.621. The van der Waals surface area contributed by atoms with Crippen LogP contribution in [0.25, 0.3) is 0 Å². The van der Waals surface area contributed by atoms with Gasteiger partial charge in [0, 0.05) is 38.5 Å². The summed E-state index contributed by atoms with van der Waals surface area (Å²) in [6.45, 7) is 1.36. The van der Waals surface area contributed by atoms with E-state index >= 15 is 0 Å². The van der Waals surface area contributed by atoms with Crippen molar-refractivity contribution in [1.82, 2.24) is 10.2 Å². The summed E-state index contributed by atoms with van der Waals surface area (Å²) in [5.74, 6) is -0.275. The molecule has 2 rings (SSSR count). The molecule has 1 atom stereocenters. The highest BCUT2D eigenvalue weighted by molar-refractivity contribution is 7.92. The molecule has 1 aliphatic carbocycles. The second kappa shape index (κ2) is 11.1. The van der Waals surface area contributed by atoms with E-state index in [4.69, 9.17) is 5.73 Å². The molecule has 152 valence electrons. The van der Waals surface area contributed by atoms with Crippen molar-refractivity contribution in [3.8, 4) is 0 Å². The molecule has 0 radical (unpaired) electrons. The van der Waals surface area contributed by atoms with Gasteiger partial charge in [-0.15, -0.1) is 12.4 Å². The lowest BCUT2D eigenvalue weighted by Crippen LogP contribution is -2.49. The van der Waals surface area contributed by atoms with Crippen LogP contribution >= 0.6 is 12.4 Å². The van der Waals surface area contributed by atoms with E-state index in [1.165, 1.54) is 0 Å². The maximum absolute atomic E-state index is 12.6. The summed E-state index contributed by atoms with van der Waals surface area (Å²) in [4.78, 5) is 25.9. The highest BCUT2D eigenvalue weighted by atomic mass is 35.5. The van der Waals surface area contributed by atoms with Crippen molar-refractivity contribution in [2.24, 2.45) is 5.73 Å². The van der Waals surface area contributed by atoms with Crippen molar-refractivity contribution in [2.75, 3.05) is 25.4 Å². The van der Waals surface area contributed by atoms with Gasteiger partial charge in [0.05, 0.1) is 11.0 Å². The van der Waals surface area contributed by atoms with Crippen molar-refractivity contribution in [1.29, 1.82) is 0 Å². The Morgan fingerprint density at radius 2 is 1.69 bits per heavy atom. The summed E-state index contributed by atoms with van der Waals surface area (Å²) in [6.07, 6.45) is 6.50. The maximum atomic E-state index is 12.6. The second-order valence-electron chi connectivity index (χ2n) is 7.10. The topological polar surface area (TPSA) is 110 Å². The van der Waals surface area contributed by atoms with Crippen LogP contribution in [0.4, 0.5) is 0 Å². The number of hydrogen-bond acceptors (Lipinski definition) is 5. The van der Waals surface area contributed by atoms with E-state index < -0.39 is 9.84 Å². The monoisotopic (exact) mass is 409 g/mol. The summed E-state index contributed by atoms with van der Waals surface area (Å²) in [6, 6.07) is -0.0443. The van der Waals surface area contributed by atoms with Crippen molar-refractivity contribution >= 4 is 34.1 Å². The van der Waals surface area contributed by atoms with Gasteiger partial charge >= 0.3 is 0 Å². The number of hydrogen-bond donors (Lipinski definition) is 2. The number of nitrogens with zero attached hydrogens (tertiary/aromatic N) is 1. The molecule has 2 fully saturated rings. The molecule has 0 bridgehead atoms. The van der Waals surface area contributed by atoms with Crippen molar-refractivity contribution in [3.63, 3.8) is 0 Å². The number of nitrogens with one attached hydrogen (secondary N) is 1. The molecule has 2 amide bonds. The molecule has 1 saturated carbocycles. The van der Waals surface area contributed by atoms with E-state index in [1.54, 1.807) is 4.90 Å². The molecule has 0 aromatic carbocycles. The highest BCUT2D eigenvalue weighted by Gasteiger charge is 2.31. The molecular formula is C17H32ClN3O4S. The molecule has 1 unspecified atom stereocenters. The van der Waals surface area contributed by atoms with E-state index in [0.717, 1.165) is 44.9 Å². The SMILES string of the molecule is Cl.NCCC(=O)NCC1CCCCN1C(=O)CCS(=O)(=O)C1CCCC1. The van der Waals surface area contributed by atoms with Crippen LogP contribution in [0.2, 0.25) is 0 Å². The van der Waals surface area contributed by atoms with Crippen molar-refractivity contribution in [3.05, 3.63) is 0 Å². The minimum absolute atomic E-state index is 0. The molecular weight excluding hydrogens is 378 g/mol. The van der Waals surface area contributed by atoms with Gasteiger partial charge in [-0.2, -0.15) is 0 Å². The fourth-order valence-corrected chi connectivity index (χ4v) is 5.62. The Morgan fingerprint density at radius 3 is 2.35 bits per heavy atom. The lowest BCUT2D eigenvalue weighted by Gasteiger charge is -2.36. The lowest BCUT2D eigenvalue weighted by molar-refractivity contribution is -0.135. The zero-order chi connectivity index (χ0) is 18.3. The predicted molar refractivity (Wildman–Crippen MR) is 104 cm³/mol. The molecule has 1 aliphatic heterocycles. The average molecular weight is 410 g/mol. The second-order valence-corrected chi connectivity index (χ2v) is 9.50. The van der Waals surface area contributed by atoms with Crippen LogP contribution < -0.4 is 11.1 Å². The number of likely N-dealkylation sites (tertiary alicyclic amines) is 1. The van der Waals surface area contributed by atoms with Crippen molar-refractivity contribution in [2.45, 2.75) is 69.1 Å². The number of sulfone groups is 1. The Hall–Kier alpha value is -0.860. The van der Waals surface area contributed by atoms with Crippen LogP contribution in [-0.2, 0) is 19.4 Å². The van der Waals surface area contributed by atoms with Crippen molar-refractivity contribution < 1.29 is 18.0 Å². The largest absolute Gasteiger partial charge is 0.354 e. The smallest absolute Gasteiger partial charge is 0.223 e. The van der Waals surface area contributed by atoms with Gasteiger partial charge in [0.2, 0.25) is 11.8 Å². The van der Waals surface area contributed by atoms with Crippen LogP contribution in [0.3, 0.4) is 0 Å². The van der Waals surface area contributed by atoms with Gasteiger partial charge < -0.3 is 16.0 Å². The van der Waals surface area contributed by atoms with E-state index in [2.05, 4.69) is 5.32 Å². The summed E-state index contributed by atoms with van der Waals surface area (Å²) >= 11 is 0. The number of nitrogens with two attached hydrogens (primary N) is 1. The first kappa shape index (κ1) is 23.2. The molecule has 0 aromatic rings. The number of rotatable bonds is 8. The van der Waals surface area contributed by atoms with Gasteiger partial charge in [0.15, 0.2) is 9.84 Å². The fraction of sp³-hybridized carbons (Fsp3) is 0.882. The van der Waals surface area contributed by atoms with E-state index in [0.29, 0.717) is 19.6 Å². The van der Waals surface area contributed by atoms with Gasteiger partial charge in [-0.25, -0.2) is 8.42 Å². The number of piperidine rings is 1. The zero-order valence-electron chi connectivity index (χ0n) is 15.3. The Labute approximate surface area is 162 Å². The molecule has 2 aliphatic rings. The maximum Gasteiger partial charge on any atom is 0.223 e. The van der Waals surface area contributed by atoms with E-state index in [-0.39, 0.29) is 54.1 Å². The Bertz CT molecular complexity index is 564. The van der Waals surface area contributed by atoms with Crippen LogP contribution in [0.5, 0.6) is 0 Å². The standard InChI is InChI=1S/C17H31N3O4S.ClH/c18-10-8-16(21)19-13-14-5-3-4-11-20(14)17(22)9-12-25(23,24)15-6-1-2-7-15;/h14-15H,1-13,18H2,(H,19,21);1H. The van der Waals surface area contributed by atoms with Crippen LogP contribution in [0.1, 0.15) is 57.8 Å². The first-order valence-electron chi connectivity index (χ1n) is 9.42. The highest BCUT2D eigenvalue weighted by Crippen LogP contribution is 2.26. The van der Waals surface area contributed by atoms with Gasteiger partial charge in [0.25, 0.3) is 0 Å². The van der Waals surface area contributed by atoms with Gasteiger partial charge in [-0.1, -0.05) is 12.8 Å². The molecule has 0 spiro atoms. The van der Waals surface area contributed by atoms with Gasteiger partial charge in [0.1, 0.15) is 0 Å². The first-order chi connectivity index (χ1) is 11.9. The molecule has 7 nitrogen and oxygen atoms in total. The third kappa shape index (κ3) is 6.70. The normalized spacial score (nSPS) is 21.3. The number of halogens is 1. The summed E-state index contributed by atoms with van der Waals surface area (Å²) < 4.78 is 24.7. The fourth-order valence-electron chi connectivity index (χ4n) is 3.78. The average Bonchev–Trinajstić information content (AvgIpc) is 3.14. The number of amides is 2. The van der Waals surface area contributed by atoms with Gasteiger partial charge in [-0.05, 0) is 32.1 Å². The van der Waals surface area contributed by atoms with Crippen LogP contribution in [0, 0.1) is 0 Å². The number of carbonyl (C=O) groups is 2. The van der Waals surface area contributed by atoms with Gasteiger partial charge in [-0.3, -0.25) is 9.59 Å². The lowest BCUT2D eigenvalue weighted by atomic mass is 10.0. The Morgan fingerprint density at radius 1 is 1.04 bits per heavy atom. The van der Waals surface area contributed by atoms with E-state index in [1.807, 2.05) is 0 Å². The Kier molecular flexibility index (Phi) is 9.89. The van der Waals surface area contributed by atoms with E-state index in [9.17, 15) is 18.0 Å². The minimum Gasteiger partial charge on any atom is -0.354 e. The summed E-state index contributed by atoms with van der Waals surface area (Å²) in [5, 5.41) is 2.57. The van der Waals surface area contributed by atoms with Crippen LogP contribution in [0.15, 0.2) is 0 Å². The number of carbonyl (C=O) groups excluding carboxylic acids is 2. The molecule has 1 saturated heterocycles. The predicted octanol–water partition coefficient (Wildman–Crippen LogP) is 1.00. The molecule has 9 heteroatoms. The molecule has 0 aromatic heterocycles. The summed E-state index contributed by atoms with van der Waals surface area (Å²) in [7, 11) is -3.18. The minimum atomic E-state index is -3.18. The third-order valence-electron chi connectivity index (χ3n) is 5.26. The Balaban J connectivity index is 0.00000338.